The highest BCUT2D eigenvalue weighted by molar-refractivity contribution is 7.71. The van der Waals surface area contributed by atoms with Gasteiger partial charge in [0.2, 0.25) is 0 Å². The third-order valence-corrected chi connectivity index (χ3v) is 2.14. The maximum absolute atomic E-state index is 12.9. The van der Waals surface area contributed by atoms with Crippen molar-refractivity contribution in [1.29, 1.82) is 0 Å². The molecule has 1 aromatic carbocycles. The van der Waals surface area contributed by atoms with Crippen molar-refractivity contribution in [2.24, 2.45) is 0 Å². The molecule has 2 rings (SSSR count). The number of aromatic amines is 1. The van der Waals surface area contributed by atoms with Gasteiger partial charge in [0.1, 0.15) is 10.5 Å². The smallest absolute Gasteiger partial charge is 0.123 e. The average molecular weight is 205 g/mol. The first-order valence-corrected chi connectivity index (χ1v) is 4.62. The van der Waals surface area contributed by atoms with E-state index in [0.29, 0.717) is 4.64 Å². The van der Waals surface area contributed by atoms with Crippen LogP contribution in [-0.4, -0.2) is 4.98 Å². The Morgan fingerprint density at radius 3 is 2.57 bits per heavy atom. The van der Waals surface area contributed by atoms with Crippen molar-refractivity contribution in [2.45, 2.75) is 0 Å². The topological polar surface area (TPSA) is 15.8 Å². The summed E-state index contributed by atoms with van der Waals surface area (Å²) in [6, 6.07) is 11.9. The van der Waals surface area contributed by atoms with E-state index in [2.05, 4.69) is 4.98 Å². The van der Waals surface area contributed by atoms with E-state index in [0.717, 1.165) is 11.3 Å². The van der Waals surface area contributed by atoms with Gasteiger partial charge < -0.3 is 4.98 Å². The largest absolute Gasteiger partial charge is 0.346 e. The van der Waals surface area contributed by atoms with Gasteiger partial charge in [0.15, 0.2) is 0 Å². The van der Waals surface area contributed by atoms with Crippen LogP contribution in [0.25, 0.3) is 11.3 Å². The number of aromatic nitrogens is 1. The van der Waals surface area contributed by atoms with E-state index < -0.39 is 0 Å². The number of nitrogens with one attached hydrogen (secondary N) is 1. The van der Waals surface area contributed by atoms with Gasteiger partial charge in [-0.25, -0.2) is 4.39 Å². The average Bonchev–Trinajstić information content (AvgIpc) is 2.18. The number of H-pyrrole nitrogens is 1. The molecule has 1 N–H and O–H groups in total. The van der Waals surface area contributed by atoms with Crippen LogP contribution in [0.1, 0.15) is 0 Å². The molecule has 1 nitrogen and oxygen atoms in total. The molecule has 0 atom stereocenters. The fraction of sp³-hybridized carbons (Fsp3) is 0. The molecule has 0 radical (unpaired) electrons. The van der Waals surface area contributed by atoms with E-state index in [1.807, 2.05) is 18.2 Å². The molecule has 0 amide bonds. The Morgan fingerprint density at radius 1 is 1.07 bits per heavy atom. The standard InChI is InChI=1S/C11H8FNS/c12-9-4-1-3-8(7-9)10-5-2-6-11(14)13-10/h1-7H,(H,13,14). The van der Waals surface area contributed by atoms with Gasteiger partial charge in [0.05, 0.1) is 0 Å². The maximum atomic E-state index is 12.9. The van der Waals surface area contributed by atoms with Crippen LogP contribution in [0, 0.1) is 10.5 Å². The second-order valence-electron chi connectivity index (χ2n) is 2.94. The minimum Gasteiger partial charge on any atom is -0.346 e. The lowest BCUT2D eigenvalue weighted by Gasteiger charge is -2.00. The van der Waals surface area contributed by atoms with Gasteiger partial charge in [0.25, 0.3) is 0 Å². The second kappa shape index (κ2) is 3.72. The predicted octanol–water partition coefficient (Wildman–Crippen LogP) is 3.55. The summed E-state index contributed by atoms with van der Waals surface area (Å²) < 4.78 is 13.6. The molecule has 1 heterocycles. The monoisotopic (exact) mass is 205 g/mol. The fourth-order valence-electron chi connectivity index (χ4n) is 1.27. The second-order valence-corrected chi connectivity index (χ2v) is 3.38. The third kappa shape index (κ3) is 1.88. The molecule has 3 heteroatoms. The van der Waals surface area contributed by atoms with Gasteiger partial charge in [-0.15, -0.1) is 0 Å². The van der Waals surface area contributed by atoms with Crippen LogP contribution in [0.4, 0.5) is 4.39 Å². The van der Waals surface area contributed by atoms with E-state index in [9.17, 15) is 4.39 Å². The van der Waals surface area contributed by atoms with Gasteiger partial charge >= 0.3 is 0 Å². The normalized spacial score (nSPS) is 10.1. The number of pyridine rings is 1. The third-order valence-electron chi connectivity index (χ3n) is 1.90. The number of hydrogen-bond donors (Lipinski definition) is 1. The first-order valence-electron chi connectivity index (χ1n) is 4.21. The predicted molar refractivity (Wildman–Crippen MR) is 57.0 cm³/mol. The van der Waals surface area contributed by atoms with Crippen molar-refractivity contribution in [1.82, 2.24) is 4.98 Å². The molecule has 0 bridgehead atoms. The Hall–Kier alpha value is -1.48. The molecule has 0 saturated heterocycles. The van der Waals surface area contributed by atoms with Crippen molar-refractivity contribution in [3.63, 3.8) is 0 Å². The van der Waals surface area contributed by atoms with E-state index in [1.54, 1.807) is 12.1 Å². The number of benzene rings is 1. The van der Waals surface area contributed by atoms with Crippen LogP contribution in [-0.2, 0) is 0 Å². The Bertz CT molecular complexity index is 504. The Balaban J connectivity index is 2.55. The van der Waals surface area contributed by atoms with Crippen LogP contribution in [0.5, 0.6) is 0 Å². The van der Waals surface area contributed by atoms with Crippen molar-refractivity contribution < 1.29 is 4.39 Å². The van der Waals surface area contributed by atoms with Crippen molar-refractivity contribution in [2.75, 3.05) is 0 Å². The summed E-state index contributed by atoms with van der Waals surface area (Å²) in [5, 5.41) is 0. The molecule has 70 valence electrons. The Labute approximate surface area is 86.2 Å². The molecule has 0 unspecified atom stereocenters. The molecule has 0 aliphatic rings. The Kier molecular flexibility index (Phi) is 2.41. The number of halogens is 1. The quantitative estimate of drug-likeness (QED) is 0.704. The summed E-state index contributed by atoms with van der Waals surface area (Å²) in [6.45, 7) is 0. The summed E-state index contributed by atoms with van der Waals surface area (Å²) in [6.07, 6.45) is 0. The minimum atomic E-state index is -0.245. The maximum Gasteiger partial charge on any atom is 0.123 e. The first kappa shape index (κ1) is 9.09. The molecule has 0 fully saturated rings. The van der Waals surface area contributed by atoms with Crippen LogP contribution in [0.2, 0.25) is 0 Å². The van der Waals surface area contributed by atoms with E-state index in [1.165, 1.54) is 12.1 Å². The van der Waals surface area contributed by atoms with Crippen LogP contribution in [0.3, 0.4) is 0 Å². The lowest BCUT2D eigenvalue weighted by Crippen LogP contribution is -1.83. The van der Waals surface area contributed by atoms with Crippen molar-refractivity contribution in [3.05, 3.63) is 52.9 Å². The summed E-state index contributed by atoms with van der Waals surface area (Å²) >= 11 is 4.98. The highest BCUT2D eigenvalue weighted by Gasteiger charge is 1.97. The summed E-state index contributed by atoms with van der Waals surface area (Å²) in [5.41, 5.74) is 1.63. The zero-order valence-electron chi connectivity index (χ0n) is 7.33. The highest BCUT2D eigenvalue weighted by atomic mass is 32.1. The zero-order valence-corrected chi connectivity index (χ0v) is 8.14. The zero-order chi connectivity index (χ0) is 9.97. The molecular weight excluding hydrogens is 197 g/mol. The first-order chi connectivity index (χ1) is 6.75. The SMILES string of the molecule is Fc1cccc(-c2cccc(=S)[nH]2)c1. The van der Waals surface area contributed by atoms with E-state index >= 15 is 0 Å². The highest BCUT2D eigenvalue weighted by Crippen LogP contribution is 2.16. The summed E-state index contributed by atoms with van der Waals surface area (Å²) in [4.78, 5) is 3.00. The lowest BCUT2D eigenvalue weighted by atomic mass is 10.1. The fourth-order valence-corrected chi connectivity index (χ4v) is 1.46. The molecule has 0 spiro atoms. The number of rotatable bonds is 1. The summed E-state index contributed by atoms with van der Waals surface area (Å²) in [7, 11) is 0. The molecule has 2 aromatic rings. The van der Waals surface area contributed by atoms with Crippen molar-refractivity contribution >= 4 is 12.2 Å². The molecule has 0 aliphatic heterocycles. The summed E-state index contributed by atoms with van der Waals surface area (Å²) in [5.74, 6) is -0.245. The van der Waals surface area contributed by atoms with Crippen LogP contribution >= 0.6 is 12.2 Å². The van der Waals surface area contributed by atoms with Gasteiger partial charge in [-0.1, -0.05) is 30.4 Å². The van der Waals surface area contributed by atoms with Gasteiger partial charge in [0, 0.05) is 11.3 Å². The molecule has 0 saturated carbocycles. The van der Waals surface area contributed by atoms with Gasteiger partial charge in [-0.3, -0.25) is 0 Å². The van der Waals surface area contributed by atoms with Gasteiger partial charge in [-0.2, -0.15) is 0 Å². The van der Waals surface area contributed by atoms with E-state index in [-0.39, 0.29) is 5.82 Å². The van der Waals surface area contributed by atoms with Crippen molar-refractivity contribution in [3.8, 4) is 11.3 Å². The minimum absolute atomic E-state index is 0.245. The lowest BCUT2D eigenvalue weighted by molar-refractivity contribution is 0.628. The molecule has 1 aromatic heterocycles. The number of hydrogen-bond acceptors (Lipinski definition) is 1. The van der Waals surface area contributed by atoms with Gasteiger partial charge in [-0.05, 0) is 24.3 Å². The van der Waals surface area contributed by atoms with E-state index in [4.69, 9.17) is 12.2 Å². The molecular formula is C11H8FNS. The van der Waals surface area contributed by atoms with Crippen LogP contribution in [0.15, 0.2) is 42.5 Å². The molecule has 0 aliphatic carbocycles. The van der Waals surface area contributed by atoms with Crippen LogP contribution < -0.4 is 0 Å². The Morgan fingerprint density at radius 2 is 1.86 bits per heavy atom. The molecule has 14 heavy (non-hydrogen) atoms.